The number of para-hydroxylation sites is 2. The number of piperidine rings is 1. The molecule has 0 radical (unpaired) electrons. The molecular formula is C24H28N2O6. The number of ether oxygens (including phenoxy) is 3. The van der Waals surface area contributed by atoms with E-state index in [0.717, 1.165) is 12.8 Å². The first-order chi connectivity index (χ1) is 15.5. The molecule has 2 aromatic rings. The van der Waals surface area contributed by atoms with Crippen LogP contribution in [0.2, 0.25) is 0 Å². The molecule has 0 unspecified atom stereocenters. The summed E-state index contributed by atoms with van der Waals surface area (Å²) in [5.74, 6) is 1.04. The van der Waals surface area contributed by atoms with Crippen LogP contribution in [-0.2, 0) is 9.59 Å². The third kappa shape index (κ3) is 6.47. The van der Waals surface area contributed by atoms with Crippen molar-refractivity contribution in [3.63, 3.8) is 0 Å². The summed E-state index contributed by atoms with van der Waals surface area (Å²) in [6.45, 7) is 2.99. The second kappa shape index (κ2) is 11.2. The van der Waals surface area contributed by atoms with Gasteiger partial charge in [0.25, 0.3) is 11.8 Å². The number of carbonyl (C=O) groups excluding carboxylic acids is 3. The maximum absolute atomic E-state index is 12.8. The van der Waals surface area contributed by atoms with Crippen molar-refractivity contribution in [2.24, 2.45) is 5.92 Å². The molecule has 8 nitrogen and oxygen atoms in total. The van der Waals surface area contributed by atoms with Crippen LogP contribution in [0.25, 0.3) is 0 Å². The lowest BCUT2D eigenvalue weighted by Gasteiger charge is -2.32. The molecule has 32 heavy (non-hydrogen) atoms. The quantitative estimate of drug-likeness (QED) is 0.501. The summed E-state index contributed by atoms with van der Waals surface area (Å²) in [6, 6.07) is 13.8. The van der Waals surface area contributed by atoms with Crippen LogP contribution in [0.5, 0.6) is 17.2 Å². The maximum Gasteiger partial charge on any atom is 0.308 e. The minimum Gasteiger partial charge on any atom is -0.493 e. The molecule has 3 rings (SSSR count). The van der Waals surface area contributed by atoms with Crippen molar-refractivity contribution in [3.8, 4) is 17.2 Å². The molecular weight excluding hydrogens is 412 g/mol. The summed E-state index contributed by atoms with van der Waals surface area (Å²) in [5, 5.41) is 2.90. The molecule has 0 aromatic heterocycles. The fourth-order valence-corrected chi connectivity index (χ4v) is 3.57. The summed E-state index contributed by atoms with van der Waals surface area (Å²) in [7, 11) is 1.55. The molecule has 1 aliphatic heterocycles. The summed E-state index contributed by atoms with van der Waals surface area (Å²) < 4.78 is 15.8. The fraction of sp³-hybridized carbons (Fsp3) is 0.375. The van der Waals surface area contributed by atoms with Gasteiger partial charge >= 0.3 is 5.97 Å². The number of nitrogens with zero attached hydrogens (tertiary/aromatic N) is 1. The second-order valence-electron chi connectivity index (χ2n) is 7.60. The number of hydrogen-bond donors (Lipinski definition) is 1. The smallest absolute Gasteiger partial charge is 0.308 e. The van der Waals surface area contributed by atoms with Gasteiger partial charge in [0.1, 0.15) is 5.75 Å². The van der Waals surface area contributed by atoms with Crippen LogP contribution in [0.15, 0.2) is 48.5 Å². The first-order valence-electron chi connectivity index (χ1n) is 10.6. The Hall–Kier alpha value is -3.55. The zero-order chi connectivity index (χ0) is 22.9. The molecule has 0 spiro atoms. The van der Waals surface area contributed by atoms with Gasteiger partial charge in [0.05, 0.1) is 7.11 Å². The summed E-state index contributed by atoms with van der Waals surface area (Å²) in [6.07, 6.45) is 1.59. The minimum atomic E-state index is -0.425. The van der Waals surface area contributed by atoms with Gasteiger partial charge in [-0.15, -0.1) is 0 Å². The maximum atomic E-state index is 12.8. The predicted octanol–water partition coefficient (Wildman–Crippen LogP) is 2.67. The average Bonchev–Trinajstić information content (AvgIpc) is 2.81. The number of carbonyl (C=O) groups is 3. The van der Waals surface area contributed by atoms with Crippen molar-refractivity contribution >= 4 is 17.8 Å². The molecule has 0 aliphatic carbocycles. The number of esters is 1. The standard InChI is InChI=1S/C24H28N2O6/c1-17(27)32-20-7-5-6-19(14-20)24(29)26-12-10-18(11-13-26)15-25-23(28)16-31-22-9-4-3-8-21(22)30-2/h3-9,14,18H,10-13,15-16H2,1-2H3,(H,25,28). The number of hydrogen-bond acceptors (Lipinski definition) is 6. The second-order valence-corrected chi connectivity index (χ2v) is 7.60. The van der Waals surface area contributed by atoms with Gasteiger partial charge in [-0.25, -0.2) is 0 Å². The van der Waals surface area contributed by atoms with E-state index in [1.54, 1.807) is 48.4 Å². The highest BCUT2D eigenvalue weighted by Crippen LogP contribution is 2.25. The molecule has 1 fully saturated rings. The van der Waals surface area contributed by atoms with Crippen molar-refractivity contribution in [1.82, 2.24) is 10.2 Å². The summed E-state index contributed by atoms with van der Waals surface area (Å²) in [5.41, 5.74) is 0.490. The normalized spacial score (nSPS) is 13.9. The van der Waals surface area contributed by atoms with E-state index in [9.17, 15) is 14.4 Å². The van der Waals surface area contributed by atoms with Gasteiger partial charge in [0.2, 0.25) is 0 Å². The number of rotatable bonds is 8. The molecule has 0 saturated carbocycles. The summed E-state index contributed by atoms with van der Waals surface area (Å²) in [4.78, 5) is 37.8. The van der Waals surface area contributed by atoms with Crippen LogP contribution >= 0.6 is 0 Å². The van der Waals surface area contributed by atoms with Crippen LogP contribution < -0.4 is 19.5 Å². The third-order valence-electron chi connectivity index (χ3n) is 5.26. The zero-order valence-electron chi connectivity index (χ0n) is 18.3. The van der Waals surface area contributed by atoms with E-state index in [-0.39, 0.29) is 18.4 Å². The van der Waals surface area contributed by atoms with E-state index in [0.29, 0.717) is 48.4 Å². The van der Waals surface area contributed by atoms with Crippen LogP contribution in [0, 0.1) is 5.92 Å². The first-order valence-corrected chi connectivity index (χ1v) is 10.6. The minimum absolute atomic E-state index is 0.0869. The van der Waals surface area contributed by atoms with Gasteiger partial charge in [-0.05, 0) is 49.1 Å². The Balaban J connectivity index is 1.41. The number of likely N-dealkylation sites (tertiary alicyclic amines) is 1. The Morgan fingerprint density at radius 3 is 2.44 bits per heavy atom. The van der Waals surface area contributed by atoms with Crippen molar-refractivity contribution in [2.45, 2.75) is 19.8 Å². The van der Waals surface area contributed by atoms with Gasteiger partial charge in [0.15, 0.2) is 18.1 Å². The highest BCUT2D eigenvalue weighted by molar-refractivity contribution is 5.94. The van der Waals surface area contributed by atoms with Crippen LogP contribution in [0.3, 0.4) is 0 Å². The summed E-state index contributed by atoms with van der Waals surface area (Å²) >= 11 is 0. The molecule has 8 heteroatoms. The van der Waals surface area contributed by atoms with Crippen LogP contribution in [0.4, 0.5) is 0 Å². The average molecular weight is 440 g/mol. The third-order valence-corrected chi connectivity index (χ3v) is 5.26. The Labute approximate surface area is 187 Å². The number of methoxy groups -OCH3 is 1. The van der Waals surface area contributed by atoms with Gasteiger partial charge in [-0.1, -0.05) is 18.2 Å². The predicted molar refractivity (Wildman–Crippen MR) is 118 cm³/mol. The number of nitrogens with one attached hydrogen (secondary N) is 1. The monoisotopic (exact) mass is 440 g/mol. The van der Waals surface area contributed by atoms with E-state index >= 15 is 0 Å². The highest BCUT2D eigenvalue weighted by atomic mass is 16.5. The Morgan fingerprint density at radius 1 is 1.03 bits per heavy atom. The highest BCUT2D eigenvalue weighted by Gasteiger charge is 2.24. The molecule has 2 amide bonds. The van der Waals surface area contributed by atoms with Crippen LogP contribution in [0.1, 0.15) is 30.1 Å². The molecule has 0 atom stereocenters. The topological polar surface area (TPSA) is 94.2 Å². The number of amides is 2. The molecule has 2 aromatic carbocycles. The van der Waals surface area contributed by atoms with Crippen molar-refractivity contribution < 1.29 is 28.6 Å². The lowest BCUT2D eigenvalue weighted by molar-refractivity contribution is -0.131. The SMILES string of the molecule is COc1ccccc1OCC(=O)NCC1CCN(C(=O)c2cccc(OC(C)=O)c2)CC1. The van der Waals surface area contributed by atoms with Crippen molar-refractivity contribution in [1.29, 1.82) is 0 Å². The molecule has 1 N–H and O–H groups in total. The lowest BCUT2D eigenvalue weighted by atomic mass is 9.96. The van der Waals surface area contributed by atoms with Gasteiger partial charge < -0.3 is 24.4 Å². The van der Waals surface area contributed by atoms with Gasteiger partial charge in [0, 0.05) is 32.1 Å². The van der Waals surface area contributed by atoms with E-state index < -0.39 is 5.97 Å². The molecule has 1 heterocycles. The largest absolute Gasteiger partial charge is 0.493 e. The van der Waals surface area contributed by atoms with Crippen molar-refractivity contribution in [2.75, 3.05) is 33.4 Å². The Kier molecular flexibility index (Phi) is 8.08. The Bertz CT molecular complexity index is 953. The van der Waals surface area contributed by atoms with Gasteiger partial charge in [-0.2, -0.15) is 0 Å². The van der Waals surface area contributed by atoms with E-state index in [1.165, 1.54) is 6.92 Å². The lowest BCUT2D eigenvalue weighted by Crippen LogP contribution is -2.42. The molecule has 170 valence electrons. The number of benzene rings is 2. The van der Waals surface area contributed by atoms with E-state index in [1.807, 2.05) is 12.1 Å². The van der Waals surface area contributed by atoms with E-state index in [2.05, 4.69) is 5.32 Å². The van der Waals surface area contributed by atoms with E-state index in [4.69, 9.17) is 14.2 Å². The first kappa shape index (κ1) is 23.1. The molecule has 0 bridgehead atoms. The van der Waals surface area contributed by atoms with Gasteiger partial charge in [-0.3, -0.25) is 14.4 Å². The zero-order valence-corrected chi connectivity index (χ0v) is 18.3. The fourth-order valence-electron chi connectivity index (χ4n) is 3.57. The molecule has 1 saturated heterocycles. The van der Waals surface area contributed by atoms with Crippen LogP contribution in [-0.4, -0.2) is 56.0 Å². The Morgan fingerprint density at radius 2 is 1.75 bits per heavy atom. The molecule has 1 aliphatic rings. The van der Waals surface area contributed by atoms with Crippen molar-refractivity contribution in [3.05, 3.63) is 54.1 Å².